The number of carbonyl (C=O) groups excluding carboxylic acids is 1. The summed E-state index contributed by atoms with van der Waals surface area (Å²) in [6.45, 7) is 0. The molecule has 0 unspecified atom stereocenters. The summed E-state index contributed by atoms with van der Waals surface area (Å²) in [5.41, 5.74) is 1.81. The molecule has 3 aromatic rings. The molecule has 0 aliphatic heterocycles. The lowest BCUT2D eigenvalue weighted by Crippen LogP contribution is -2.13. The average Bonchev–Trinajstić information content (AvgIpc) is 3.09. The first kappa shape index (κ1) is 16.5. The summed E-state index contributed by atoms with van der Waals surface area (Å²) >= 11 is 2.88. The second-order valence-electron chi connectivity index (χ2n) is 4.79. The number of hydrogen-bond donors (Lipinski definition) is 1. The molecule has 7 heteroatoms. The molecule has 1 N–H and O–H groups in total. The number of hydrogen-bond acceptors (Lipinski definition) is 6. The van der Waals surface area contributed by atoms with Gasteiger partial charge >= 0.3 is 0 Å². The van der Waals surface area contributed by atoms with Gasteiger partial charge in [-0.15, -0.1) is 23.1 Å². The number of nitrogens with zero attached hydrogens (tertiary/aromatic N) is 2. The first-order chi connectivity index (χ1) is 11.7. The van der Waals surface area contributed by atoms with Crippen LogP contribution in [-0.2, 0) is 4.79 Å². The fourth-order valence-corrected chi connectivity index (χ4v) is 3.40. The van der Waals surface area contributed by atoms with Crippen LogP contribution in [0.2, 0.25) is 0 Å². The molecule has 0 spiro atoms. The van der Waals surface area contributed by atoms with E-state index < -0.39 is 0 Å². The van der Waals surface area contributed by atoms with Crippen molar-refractivity contribution in [2.75, 3.05) is 18.2 Å². The number of benzene rings is 1. The SMILES string of the molecule is COc1ccc(SCC(=O)Nc2nc(-c3ccncc3)cs2)cc1. The molecule has 0 saturated carbocycles. The fourth-order valence-electron chi connectivity index (χ4n) is 1.96. The topological polar surface area (TPSA) is 64.1 Å². The molecule has 122 valence electrons. The molecule has 2 aromatic heterocycles. The quantitative estimate of drug-likeness (QED) is 0.677. The van der Waals surface area contributed by atoms with Crippen molar-refractivity contribution in [1.29, 1.82) is 0 Å². The molecule has 5 nitrogen and oxygen atoms in total. The van der Waals surface area contributed by atoms with E-state index in [1.165, 1.54) is 23.1 Å². The maximum Gasteiger partial charge on any atom is 0.236 e. The predicted octanol–water partition coefficient (Wildman–Crippen LogP) is 3.94. The number of rotatable bonds is 6. The largest absolute Gasteiger partial charge is 0.497 e. The number of thiazole rings is 1. The molecule has 1 aromatic carbocycles. The number of methoxy groups -OCH3 is 1. The molecule has 3 rings (SSSR count). The number of pyridine rings is 1. The monoisotopic (exact) mass is 357 g/mol. The molecule has 0 atom stereocenters. The van der Waals surface area contributed by atoms with Crippen LogP contribution in [0.3, 0.4) is 0 Å². The third-order valence-corrected chi connectivity index (χ3v) is 4.93. The maximum atomic E-state index is 12.1. The number of amides is 1. The van der Waals surface area contributed by atoms with Crippen molar-refractivity contribution in [1.82, 2.24) is 9.97 Å². The van der Waals surface area contributed by atoms with Crippen LogP contribution < -0.4 is 10.1 Å². The Hall–Kier alpha value is -2.38. The Morgan fingerprint density at radius 1 is 1.21 bits per heavy atom. The van der Waals surface area contributed by atoms with E-state index in [9.17, 15) is 4.79 Å². The van der Waals surface area contributed by atoms with Gasteiger partial charge in [-0.2, -0.15) is 0 Å². The highest BCUT2D eigenvalue weighted by Crippen LogP contribution is 2.25. The Morgan fingerprint density at radius 2 is 1.96 bits per heavy atom. The van der Waals surface area contributed by atoms with E-state index in [1.54, 1.807) is 19.5 Å². The molecule has 0 aliphatic carbocycles. The number of ether oxygens (including phenoxy) is 1. The lowest BCUT2D eigenvalue weighted by molar-refractivity contribution is -0.113. The lowest BCUT2D eigenvalue weighted by atomic mass is 10.2. The average molecular weight is 357 g/mol. The van der Waals surface area contributed by atoms with E-state index in [1.807, 2.05) is 41.8 Å². The van der Waals surface area contributed by atoms with E-state index in [0.717, 1.165) is 21.9 Å². The number of aromatic nitrogens is 2. The molecule has 0 bridgehead atoms. The minimum absolute atomic E-state index is 0.0774. The zero-order valence-electron chi connectivity index (χ0n) is 12.9. The van der Waals surface area contributed by atoms with E-state index in [4.69, 9.17) is 4.74 Å². The van der Waals surface area contributed by atoms with Gasteiger partial charge in [0.25, 0.3) is 0 Å². The number of anilines is 1. The number of nitrogens with one attached hydrogen (secondary N) is 1. The summed E-state index contributed by atoms with van der Waals surface area (Å²) in [5.74, 6) is 1.05. The summed E-state index contributed by atoms with van der Waals surface area (Å²) in [6.07, 6.45) is 3.44. The molecule has 0 aliphatic rings. The van der Waals surface area contributed by atoms with Crippen molar-refractivity contribution < 1.29 is 9.53 Å². The van der Waals surface area contributed by atoms with Crippen LogP contribution in [0.1, 0.15) is 0 Å². The van der Waals surface area contributed by atoms with Crippen LogP contribution in [0.5, 0.6) is 5.75 Å². The van der Waals surface area contributed by atoms with E-state index in [-0.39, 0.29) is 5.91 Å². The Balaban J connectivity index is 1.54. The minimum atomic E-state index is -0.0774. The fraction of sp³-hybridized carbons (Fsp3) is 0.118. The molecule has 0 saturated heterocycles. The Morgan fingerprint density at radius 3 is 2.67 bits per heavy atom. The summed E-state index contributed by atoms with van der Waals surface area (Å²) in [7, 11) is 1.63. The van der Waals surface area contributed by atoms with Gasteiger partial charge in [0.05, 0.1) is 18.6 Å². The van der Waals surface area contributed by atoms with Crippen molar-refractivity contribution in [3.05, 3.63) is 54.2 Å². The van der Waals surface area contributed by atoms with Crippen molar-refractivity contribution in [2.24, 2.45) is 0 Å². The van der Waals surface area contributed by atoms with E-state index >= 15 is 0 Å². The van der Waals surface area contributed by atoms with Crippen molar-refractivity contribution >= 4 is 34.1 Å². The number of thioether (sulfide) groups is 1. The molecule has 24 heavy (non-hydrogen) atoms. The highest BCUT2D eigenvalue weighted by molar-refractivity contribution is 8.00. The van der Waals surface area contributed by atoms with Gasteiger partial charge in [-0.1, -0.05) is 0 Å². The smallest absolute Gasteiger partial charge is 0.236 e. The summed E-state index contributed by atoms with van der Waals surface area (Å²) in [5, 5.41) is 5.35. The van der Waals surface area contributed by atoms with Crippen molar-refractivity contribution in [2.45, 2.75) is 4.90 Å². The van der Waals surface area contributed by atoms with Crippen molar-refractivity contribution in [3.63, 3.8) is 0 Å². The van der Waals surface area contributed by atoms with Crippen molar-refractivity contribution in [3.8, 4) is 17.0 Å². The van der Waals surface area contributed by atoms with Gasteiger partial charge < -0.3 is 10.1 Å². The molecular formula is C17H15N3O2S2. The van der Waals surface area contributed by atoms with Gasteiger partial charge in [0, 0.05) is 28.2 Å². The van der Waals surface area contributed by atoms with Crippen LogP contribution >= 0.6 is 23.1 Å². The van der Waals surface area contributed by atoms with Gasteiger partial charge in [-0.05, 0) is 36.4 Å². The zero-order chi connectivity index (χ0) is 16.8. The maximum absolute atomic E-state index is 12.1. The Kier molecular flexibility index (Phi) is 5.45. The van der Waals surface area contributed by atoms with Gasteiger partial charge in [0.15, 0.2) is 5.13 Å². The lowest BCUT2D eigenvalue weighted by Gasteiger charge is -2.03. The molecule has 1 amide bonds. The molecular weight excluding hydrogens is 342 g/mol. The standard InChI is InChI=1S/C17H15N3O2S2/c1-22-13-2-4-14(5-3-13)23-11-16(21)20-17-19-15(10-24-17)12-6-8-18-9-7-12/h2-10H,11H2,1H3,(H,19,20,21). The van der Waals surface area contributed by atoms with Crippen LogP contribution in [-0.4, -0.2) is 28.7 Å². The second kappa shape index (κ2) is 7.94. The van der Waals surface area contributed by atoms with E-state index in [2.05, 4.69) is 15.3 Å². The van der Waals surface area contributed by atoms with Gasteiger partial charge in [-0.25, -0.2) is 4.98 Å². The molecule has 2 heterocycles. The summed E-state index contributed by atoms with van der Waals surface area (Å²) in [6, 6.07) is 11.4. The summed E-state index contributed by atoms with van der Waals surface area (Å²) < 4.78 is 5.11. The molecule has 0 radical (unpaired) electrons. The normalized spacial score (nSPS) is 10.4. The summed E-state index contributed by atoms with van der Waals surface area (Å²) in [4.78, 5) is 21.5. The molecule has 0 fully saturated rings. The Labute approximate surface area is 148 Å². The van der Waals surface area contributed by atoms with Gasteiger partial charge in [0.1, 0.15) is 5.75 Å². The third-order valence-electron chi connectivity index (χ3n) is 3.16. The first-order valence-corrected chi connectivity index (χ1v) is 9.04. The highest BCUT2D eigenvalue weighted by Gasteiger charge is 2.08. The van der Waals surface area contributed by atoms with Gasteiger partial charge in [0.2, 0.25) is 5.91 Å². The highest BCUT2D eigenvalue weighted by atomic mass is 32.2. The number of carbonyl (C=O) groups is 1. The zero-order valence-corrected chi connectivity index (χ0v) is 14.6. The Bertz CT molecular complexity index is 804. The predicted molar refractivity (Wildman–Crippen MR) is 97.7 cm³/mol. The third kappa shape index (κ3) is 4.33. The van der Waals surface area contributed by atoms with Crippen LogP contribution in [0.25, 0.3) is 11.3 Å². The van der Waals surface area contributed by atoms with E-state index in [0.29, 0.717) is 10.9 Å². The van der Waals surface area contributed by atoms with Gasteiger partial charge in [-0.3, -0.25) is 9.78 Å². The minimum Gasteiger partial charge on any atom is -0.497 e. The van der Waals surface area contributed by atoms with Crippen LogP contribution in [0.4, 0.5) is 5.13 Å². The second-order valence-corrected chi connectivity index (χ2v) is 6.69. The van der Waals surface area contributed by atoms with Crippen LogP contribution in [0.15, 0.2) is 59.1 Å². The van der Waals surface area contributed by atoms with Crippen LogP contribution in [0, 0.1) is 0 Å². The first-order valence-electron chi connectivity index (χ1n) is 7.17.